The van der Waals surface area contributed by atoms with Crippen LogP contribution in [0.3, 0.4) is 0 Å². The Labute approximate surface area is 126 Å². The van der Waals surface area contributed by atoms with Crippen molar-refractivity contribution in [2.45, 2.75) is 49.8 Å². The SMILES string of the molecule is O=S1(=O)CCC(S(=O)(=O)N2CCCCCC2CCl)CC1. The van der Waals surface area contributed by atoms with Crippen molar-refractivity contribution in [3.05, 3.63) is 0 Å². The molecular weight excluding hydrogens is 322 g/mol. The zero-order chi connectivity index (χ0) is 14.8. The van der Waals surface area contributed by atoms with Crippen LogP contribution in [0.2, 0.25) is 0 Å². The average Bonchev–Trinajstić information content (AvgIpc) is 2.63. The van der Waals surface area contributed by atoms with Crippen LogP contribution in [0.25, 0.3) is 0 Å². The first kappa shape index (κ1) is 16.5. The van der Waals surface area contributed by atoms with Crippen molar-refractivity contribution < 1.29 is 16.8 Å². The predicted octanol–water partition coefficient (Wildman–Crippen LogP) is 1.38. The lowest BCUT2D eigenvalue weighted by atomic mass is 10.1. The highest BCUT2D eigenvalue weighted by atomic mass is 35.5. The summed E-state index contributed by atoms with van der Waals surface area (Å²) in [6.45, 7) is 0.517. The second kappa shape index (κ2) is 6.50. The van der Waals surface area contributed by atoms with Gasteiger partial charge in [0.1, 0.15) is 9.84 Å². The molecule has 0 amide bonds. The van der Waals surface area contributed by atoms with Gasteiger partial charge in [0.25, 0.3) is 0 Å². The summed E-state index contributed by atoms with van der Waals surface area (Å²) in [7, 11) is -6.48. The fraction of sp³-hybridized carbons (Fsp3) is 1.00. The number of sulfonamides is 1. The Morgan fingerprint density at radius 2 is 1.70 bits per heavy atom. The number of rotatable bonds is 3. The highest BCUT2D eigenvalue weighted by molar-refractivity contribution is 7.92. The third kappa shape index (κ3) is 3.67. The van der Waals surface area contributed by atoms with Crippen LogP contribution >= 0.6 is 11.6 Å². The molecule has 2 fully saturated rings. The molecule has 0 aromatic rings. The van der Waals surface area contributed by atoms with E-state index in [1.165, 1.54) is 0 Å². The van der Waals surface area contributed by atoms with E-state index in [-0.39, 0.29) is 30.4 Å². The topological polar surface area (TPSA) is 71.5 Å². The molecule has 1 atom stereocenters. The van der Waals surface area contributed by atoms with Crippen molar-refractivity contribution in [3.63, 3.8) is 0 Å². The van der Waals surface area contributed by atoms with Gasteiger partial charge in [0.2, 0.25) is 10.0 Å². The largest absolute Gasteiger partial charge is 0.229 e. The number of hydrogen-bond donors (Lipinski definition) is 0. The summed E-state index contributed by atoms with van der Waals surface area (Å²) in [4.78, 5) is 0. The van der Waals surface area contributed by atoms with Crippen molar-refractivity contribution in [1.29, 1.82) is 0 Å². The maximum absolute atomic E-state index is 12.7. The summed E-state index contributed by atoms with van der Waals surface area (Å²) in [5.74, 6) is 0.275. The zero-order valence-electron chi connectivity index (χ0n) is 11.5. The van der Waals surface area contributed by atoms with Crippen molar-refractivity contribution in [3.8, 4) is 0 Å². The highest BCUT2D eigenvalue weighted by Crippen LogP contribution is 2.28. The third-order valence-electron chi connectivity index (χ3n) is 4.25. The van der Waals surface area contributed by atoms with Gasteiger partial charge < -0.3 is 0 Å². The van der Waals surface area contributed by atoms with Gasteiger partial charge in [-0.2, -0.15) is 4.31 Å². The van der Waals surface area contributed by atoms with Gasteiger partial charge in [0.15, 0.2) is 0 Å². The summed E-state index contributed by atoms with van der Waals surface area (Å²) in [6.07, 6.45) is 4.12. The van der Waals surface area contributed by atoms with Crippen LogP contribution in [-0.2, 0) is 19.9 Å². The molecular formula is C12H22ClNO4S2. The summed E-state index contributed by atoms with van der Waals surface area (Å²) in [5.41, 5.74) is 0. The fourth-order valence-electron chi connectivity index (χ4n) is 3.00. The number of halogens is 1. The van der Waals surface area contributed by atoms with Crippen LogP contribution in [-0.4, -0.2) is 56.4 Å². The highest BCUT2D eigenvalue weighted by Gasteiger charge is 2.39. The van der Waals surface area contributed by atoms with E-state index in [4.69, 9.17) is 11.6 Å². The van der Waals surface area contributed by atoms with Crippen molar-refractivity contribution in [1.82, 2.24) is 4.31 Å². The van der Waals surface area contributed by atoms with Gasteiger partial charge in [-0.05, 0) is 25.7 Å². The van der Waals surface area contributed by atoms with Gasteiger partial charge >= 0.3 is 0 Å². The second-order valence-corrected chi connectivity index (χ2v) is 10.4. The van der Waals surface area contributed by atoms with Crippen LogP contribution in [0, 0.1) is 0 Å². The van der Waals surface area contributed by atoms with E-state index < -0.39 is 25.1 Å². The molecule has 2 saturated heterocycles. The van der Waals surface area contributed by atoms with Gasteiger partial charge in [-0.25, -0.2) is 16.8 Å². The molecule has 1 unspecified atom stereocenters. The summed E-state index contributed by atoms with van der Waals surface area (Å²) in [6, 6.07) is -0.136. The maximum Gasteiger partial charge on any atom is 0.217 e. The predicted molar refractivity (Wildman–Crippen MR) is 80.3 cm³/mol. The van der Waals surface area contributed by atoms with E-state index >= 15 is 0 Å². The monoisotopic (exact) mass is 343 g/mol. The van der Waals surface area contributed by atoms with Crippen LogP contribution < -0.4 is 0 Å². The molecule has 2 aliphatic rings. The molecule has 0 radical (unpaired) electrons. The molecule has 2 heterocycles. The minimum Gasteiger partial charge on any atom is -0.229 e. The Hall–Kier alpha value is 0.150. The smallest absolute Gasteiger partial charge is 0.217 e. The molecule has 0 saturated carbocycles. The molecule has 2 aliphatic heterocycles. The Bertz CT molecular complexity index is 518. The molecule has 2 rings (SSSR count). The third-order valence-corrected chi connectivity index (χ3v) is 8.77. The lowest BCUT2D eigenvalue weighted by molar-refractivity contribution is 0.338. The first-order valence-corrected chi connectivity index (χ1v) is 11.0. The van der Waals surface area contributed by atoms with Gasteiger partial charge in [-0.3, -0.25) is 0 Å². The van der Waals surface area contributed by atoms with E-state index in [1.807, 2.05) is 0 Å². The lowest BCUT2D eigenvalue weighted by Gasteiger charge is -2.33. The van der Waals surface area contributed by atoms with Crippen LogP contribution in [0.1, 0.15) is 38.5 Å². The van der Waals surface area contributed by atoms with Gasteiger partial charge in [0, 0.05) is 18.5 Å². The Morgan fingerprint density at radius 3 is 2.30 bits per heavy atom. The molecule has 0 aromatic carbocycles. The first-order valence-electron chi connectivity index (χ1n) is 7.14. The maximum atomic E-state index is 12.7. The molecule has 5 nitrogen and oxygen atoms in total. The van der Waals surface area contributed by atoms with Gasteiger partial charge in [-0.15, -0.1) is 11.6 Å². The van der Waals surface area contributed by atoms with Gasteiger partial charge in [-0.1, -0.05) is 12.8 Å². The van der Waals surface area contributed by atoms with E-state index in [0.29, 0.717) is 12.4 Å². The van der Waals surface area contributed by atoms with E-state index in [9.17, 15) is 16.8 Å². The quantitative estimate of drug-likeness (QED) is 0.726. The summed E-state index contributed by atoms with van der Waals surface area (Å²) in [5, 5.41) is -0.560. The Balaban J connectivity index is 2.16. The molecule has 20 heavy (non-hydrogen) atoms. The summed E-state index contributed by atoms with van der Waals surface area (Å²) < 4.78 is 49.9. The van der Waals surface area contributed by atoms with Crippen molar-refractivity contribution in [2.24, 2.45) is 0 Å². The fourth-order valence-corrected chi connectivity index (χ4v) is 7.38. The molecule has 118 valence electrons. The van der Waals surface area contributed by atoms with Crippen LogP contribution in [0.5, 0.6) is 0 Å². The number of sulfone groups is 1. The minimum absolute atomic E-state index is 0.0176. The number of alkyl halides is 1. The van der Waals surface area contributed by atoms with E-state index in [1.54, 1.807) is 4.31 Å². The normalized spacial score (nSPS) is 29.9. The van der Waals surface area contributed by atoms with E-state index in [2.05, 4.69) is 0 Å². The van der Waals surface area contributed by atoms with Crippen molar-refractivity contribution >= 4 is 31.5 Å². The molecule has 8 heteroatoms. The Kier molecular flexibility index (Phi) is 5.37. The van der Waals surface area contributed by atoms with Crippen molar-refractivity contribution in [2.75, 3.05) is 23.9 Å². The number of hydrogen-bond acceptors (Lipinski definition) is 4. The zero-order valence-corrected chi connectivity index (χ0v) is 13.9. The molecule has 0 bridgehead atoms. The standard InChI is InChI=1S/C12H22ClNO4S2/c13-10-11-4-2-1-3-7-14(11)20(17,18)12-5-8-19(15,16)9-6-12/h11-12H,1-10H2. The second-order valence-electron chi connectivity index (χ2n) is 5.66. The number of nitrogens with zero attached hydrogens (tertiary/aromatic N) is 1. The molecule has 0 aromatic heterocycles. The molecule has 0 spiro atoms. The first-order chi connectivity index (χ1) is 9.37. The van der Waals surface area contributed by atoms with Crippen LogP contribution in [0.15, 0.2) is 0 Å². The summed E-state index contributed by atoms with van der Waals surface area (Å²) >= 11 is 5.94. The molecule has 0 aliphatic carbocycles. The average molecular weight is 344 g/mol. The lowest BCUT2D eigenvalue weighted by Crippen LogP contribution is -2.47. The Morgan fingerprint density at radius 1 is 1.05 bits per heavy atom. The molecule has 0 N–H and O–H groups in total. The van der Waals surface area contributed by atoms with Crippen LogP contribution in [0.4, 0.5) is 0 Å². The van der Waals surface area contributed by atoms with Gasteiger partial charge in [0.05, 0.1) is 16.8 Å². The minimum atomic E-state index is -3.44. The van der Waals surface area contributed by atoms with E-state index in [0.717, 1.165) is 25.7 Å².